The summed E-state index contributed by atoms with van der Waals surface area (Å²) in [6.07, 6.45) is 2.63. The van der Waals surface area contributed by atoms with Crippen molar-refractivity contribution in [1.29, 1.82) is 0 Å². The third-order valence-corrected chi connectivity index (χ3v) is 7.55. The van der Waals surface area contributed by atoms with Gasteiger partial charge in [0.05, 0.1) is 22.2 Å². The van der Waals surface area contributed by atoms with E-state index in [1.165, 1.54) is 6.07 Å². The number of ether oxygens (including phenoxy) is 1. The van der Waals surface area contributed by atoms with Crippen LogP contribution in [0.3, 0.4) is 0 Å². The molecule has 2 aliphatic rings. The maximum Gasteiger partial charge on any atom is 0.231 e. The monoisotopic (exact) mass is 521 g/mol. The molecule has 1 saturated carbocycles. The molecule has 2 fully saturated rings. The van der Waals surface area contributed by atoms with Gasteiger partial charge in [-0.25, -0.2) is 22.8 Å². The van der Waals surface area contributed by atoms with Crippen LogP contribution in [0.25, 0.3) is 11.2 Å². The van der Waals surface area contributed by atoms with Crippen LogP contribution in [0.5, 0.6) is 0 Å². The Hall–Kier alpha value is -2.76. The Morgan fingerprint density at radius 3 is 2.66 bits per heavy atom. The Balaban J connectivity index is 1.63. The van der Waals surface area contributed by atoms with Crippen LogP contribution in [-0.4, -0.2) is 47.9 Å². The van der Waals surface area contributed by atoms with Gasteiger partial charge < -0.3 is 15.4 Å². The number of anilines is 3. The molecule has 186 valence electrons. The minimum Gasteiger partial charge on any atom is -0.358 e. The van der Waals surface area contributed by atoms with Gasteiger partial charge in [0.1, 0.15) is 29.6 Å². The molecule has 1 aliphatic carbocycles. The van der Waals surface area contributed by atoms with E-state index in [0.29, 0.717) is 35.0 Å². The Morgan fingerprint density at radius 2 is 2.00 bits per heavy atom. The smallest absolute Gasteiger partial charge is 0.231 e. The number of alkyl halides is 1. The molecule has 1 saturated heterocycles. The van der Waals surface area contributed by atoms with Crippen LogP contribution in [0, 0.1) is 12.8 Å². The first-order valence-electron chi connectivity index (χ1n) is 11.3. The molecule has 1 amide bonds. The van der Waals surface area contributed by atoms with Gasteiger partial charge in [-0.3, -0.25) is 9.36 Å². The zero-order valence-corrected chi connectivity index (χ0v) is 20.8. The van der Waals surface area contributed by atoms with Crippen LogP contribution < -0.4 is 10.6 Å². The second-order valence-corrected chi connectivity index (χ2v) is 11.4. The molecule has 1 unspecified atom stereocenters. The molecule has 3 heterocycles. The number of carbonyl (C=O) groups is 1. The molecule has 3 aromatic rings. The minimum atomic E-state index is -3.61. The number of hydrogen-bond donors (Lipinski definition) is 2. The fraction of sp³-hybridized carbons (Fsp3) is 0.435. The van der Waals surface area contributed by atoms with Crippen molar-refractivity contribution in [2.45, 2.75) is 49.9 Å². The van der Waals surface area contributed by atoms with Gasteiger partial charge in [-0.2, -0.15) is 0 Å². The Kier molecular flexibility index (Phi) is 6.18. The number of aryl methyl sites for hydroxylation is 1. The van der Waals surface area contributed by atoms with Crippen molar-refractivity contribution >= 4 is 55.7 Å². The summed E-state index contributed by atoms with van der Waals surface area (Å²) in [5.74, 6) is -0.270. The van der Waals surface area contributed by atoms with E-state index in [9.17, 15) is 17.6 Å². The van der Waals surface area contributed by atoms with E-state index in [1.54, 1.807) is 18.2 Å². The summed E-state index contributed by atoms with van der Waals surface area (Å²) < 4.78 is 46.1. The average molecular weight is 522 g/mol. The van der Waals surface area contributed by atoms with Crippen LogP contribution in [-0.2, 0) is 19.4 Å². The van der Waals surface area contributed by atoms with Gasteiger partial charge in [-0.05, 0) is 50.8 Å². The number of hydrogen-bond acceptors (Lipinski definition) is 7. The molecular formula is C23H25ClFN5O4S. The average Bonchev–Trinajstić information content (AvgIpc) is 3.44. The predicted molar refractivity (Wildman–Crippen MR) is 131 cm³/mol. The summed E-state index contributed by atoms with van der Waals surface area (Å²) in [5, 5.41) is 6.12. The number of halogens is 2. The molecule has 35 heavy (non-hydrogen) atoms. The van der Waals surface area contributed by atoms with Gasteiger partial charge in [0, 0.05) is 24.0 Å². The topological polar surface area (TPSA) is 115 Å². The second kappa shape index (κ2) is 9.03. The lowest BCUT2D eigenvalue weighted by Crippen LogP contribution is -2.20. The van der Waals surface area contributed by atoms with Crippen LogP contribution in [0.1, 0.15) is 37.7 Å². The van der Waals surface area contributed by atoms with Gasteiger partial charge >= 0.3 is 0 Å². The summed E-state index contributed by atoms with van der Waals surface area (Å²) in [4.78, 5) is 21.8. The summed E-state index contributed by atoms with van der Waals surface area (Å²) in [7, 11) is -3.61. The van der Waals surface area contributed by atoms with Crippen molar-refractivity contribution < 1.29 is 22.3 Å². The maximum absolute atomic E-state index is 13.5. The number of nitrogens with zero attached hydrogens (tertiary/aromatic N) is 3. The number of sulfone groups is 1. The Bertz CT molecular complexity index is 1420. The lowest BCUT2D eigenvalue weighted by Gasteiger charge is -2.25. The van der Waals surface area contributed by atoms with Gasteiger partial charge in [0.2, 0.25) is 5.91 Å². The SMILES string of the molecule is Cc1nc2c(Nc3ccc(Cl)cc3S(C)(=O)=O)cc(NC(=O)[C@H]3C[C@H]3F)nc2n1C1CCCCO1. The van der Waals surface area contributed by atoms with Crippen LogP contribution in [0.15, 0.2) is 29.2 Å². The number of rotatable bonds is 6. The number of imidazole rings is 1. The highest BCUT2D eigenvalue weighted by Crippen LogP contribution is 2.37. The first-order valence-corrected chi connectivity index (χ1v) is 13.6. The fourth-order valence-corrected chi connectivity index (χ4v) is 5.41. The van der Waals surface area contributed by atoms with E-state index in [-0.39, 0.29) is 28.4 Å². The molecule has 5 rings (SSSR count). The molecule has 0 bridgehead atoms. The lowest BCUT2D eigenvalue weighted by atomic mass is 10.2. The third kappa shape index (κ3) is 4.85. The van der Waals surface area contributed by atoms with Gasteiger partial charge in [-0.15, -0.1) is 0 Å². The van der Waals surface area contributed by atoms with Crippen molar-refractivity contribution in [1.82, 2.24) is 14.5 Å². The van der Waals surface area contributed by atoms with Gasteiger partial charge in [0.15, 0.2) is 15.5 Å². The normalized spacial score (nSPS) is 22.2. The predicted octanol–water partition coefficient (Wildman–Crippen LogP) is 4.54. The fourth-order valence-electron chi connectivity index (χ4n) is 4.31. The molecule has 3 atom stereocenters. The molecule has 12 heteroatoms. The second-order valence-electron chi connectivity index (χ2n) is 8.96. The molecule has 0 spiro atoms. The van der Waals surface area contributed by atoms with Crippen molar-refractivity contribution in [3.05, 3.63) is 35.1 Å². The van der Waals surface area contributed by atoms with E-state index >= 15 is 0 Å². The Labute approximate surface area is 207 Å². The van der Waals surface area contributed by atoms with Crippen molar-refractivity contribution in [2.75, 3.05) is 23.5 Å². The van der Waals surface area contributed by atoms with E-state index in [2.05, 4.69) is 20.6 Å². The summed E-state index contributed by atoms with van der Waals surface area (Å²) in [5.41, 5.74) is 1.69. The standard InChI is InChI=1S/C23H25ClFN5O4S/c1-12-26-21-17(27-16-7-6-13(24)9-18(16)35(2,32)33)11-19(29-23(31)14-10-15(14)25)28-22(21)30(12)20-5-3-4-8-34-20/h6-7,9,11,14-15,20H,3-5,8,10H2,1-2H3,(H2,27,28,29,31)/t14-,15+,20?/m0/s1. The molecule has 0 radical (unpaired) electrons. The molecule has 1 aromatic carbocycles. The van der Waals surface area contributed by atoms with E-state index in [4.69, 9.17) is 16.3 Å². The highest BCUT2D eigenvalue weighted by atomic mass is 35.5. The summed E-state index contributed by atoms with van der Waals surface area (Å²) >= 11 is 6.05. The molecule has 9 nitrogen and oxygen atoms in total. The summed E-state index contributed by atoms with van der Waals surface area (Å²) in [6, 6.07) is 6.08. The number of fused-ring (bicyclic) bond motifs is 1. The number of nitrogens with one attached hydrogen (secondary N) is 2. The number of pyridine rings is 1. The minimum absolute atomic E-state index is 0.0190. The van der Waals surface area contributed by atoms with Gasteiger partial charge in [-0.1, -0.05) is 11.6 Å². The highest BCUT2D eigenvalue weighted by Gasteiger charge is 2.43. The van der Waals surface area contributed by atoms with E-state index < -0.39 is 27.8 Å². The van der Waals surface area contributed by atoms with Gasteiger partial charge in [0.25, 0.3) is 0 Å². The van der Waals surface area contributed by atoms with E-state index in [0.717, 1.165) is 25.5 Å². The van der Waals surface area contributed by atoms with Crippen LogP contribution in [0.4, 0.5) is 21.6 Å². The largest absolute Gasteiger partial charge is 0.358 e. The molecule has 2 aromatic heterocycles. The zero-order chi connectivity index (χ0) is 24.9. The number of aromatic nitrogens is 3. The molecule has 2 N–H and O–H groups in total. The third-order valence-electron chi connectivity index (χ3n) is 6.18. The zero-order valence-electron chi connectivity index (χ0n) is 19.2. The number of amides is 1. The maximum atomic E-state index is 13.5. The highest BCUT2D eigenvalue weighted by molar-refractivity contribution is 7.90. The van der Waals surface area contributed by atoms with Crippen molar-refractivity contribution in [2.24, 2.45) is 5.92 Å². The van der Waals surface area contributed by atoms with E-state index in [1.807, 2.05) is 11.5 Å². The van der Waals surface area contributed by atoms with Crippen LogP contribution >= 0.6 is 11.6 Å². The Morgan fingerprint density at radius 1 is 1.23 bits per heavy atom. The number of carbonyl (C=O) groups excluding carboxylic acids is 1. The first kappa shape index (κ1) is 24.0. The molecule has 1 aliphatic heterocycles. The molecular weight excluding hydrogens is 497 g/mol. The number of benzene rings is 1. The van der Waals surface area contributed by atoms with Crippen LogP contribution in [0.2, 0.25) is 5.02 Å². The first-order chi connectivity index (χ1) is 16.6. The summed E-state index contributed by atoms with van der Waals surface area (Å²) in [6.45, 7) is 2.46. The van der Waals surface area contributed by atoms with Crippen molar-refractivity contribution in [3.8, 4) is 0 Å². The van der Waals surface area contributed by atoms with Crippen molar-refractivity contribution in [3.63, 3.8) is 0 Å². The lowest BCUT2D eigenvalue weighted by molar-refractivity contribution is -0.117. The quantitative estimate of drug-likeness (QED) is 0.489.